The smallest absolute Gasteiger partial charge is 0.348 e. The predicted octanol–water partition coefficient (Wildman–Crippen LogP) is 3.83. The molecule has 0 saturated carbocycles. The summed E-state index contributed by atoms with van der Waals surface area (Å²) in [4.78, 5) is 23.8. The zero-order valence-corrected chi connectivity index (χ0v) is 13.2. The van der Waals surface area contributed by atoms with Crippen LogP contribution >= 0.6 is 11.3 Å². The molecule has 0 N–H and O–H groups in total. The number of carbonyl (C=O) groups is 2. The van der Waals surface area contributed by atoms with Crippen molar-refractivity contribution in [3.05, 3.63) is 21.4 Å². The Morgan fingerprint density at radius 3 is 2.30 bits per heavy atom. The lowest BCUT2D eigenvalue weighted by Crippen LogP contribution is -2.10. The summed E-state index contributed by atoms with van der Waals surface area (Å²) in [5.41, 5.74) is 1.26. The van der Waals surface area contributed by atoms with Gasteiger partial charge in [0.2, 0.25) is 0 Å². The summed E-state index contributed by atoms with van der Waals surface area (Å²) >= 11 is 1.25. The molecule has 112 valence electrons. The monoisotopic (exact) mass is 298 g/mol. The van der Waals surface area contributed by atoms with E-state index in [0.29, 0.717) is 10.4 Å². The van der Waals surface area contributed by atoms with Gasteiger partial charge in [0.25, 0.3) is 0 Å². The van der Waals surface area contributed by atoms with E-state index in [1.165, 1.54) is 44.8 Å². The molecule has 1 aromatic rings. The van der Waals surface area contributed by atoms with Gasteiger partial charge in [0.1, 0.15) is 4.88 Å². The van der Waals surface area contributed by atoms with Crippen LogP contribution in [0.15, 0.2) is 5.38 Å². The second-order valence-electron chi connectivity index (χ2n) is 4.61. The number of hydrogen-bond donors (Lipinski definition) is 0. The largest absolute Gasteiger partial charge is 0.465 e. The van der Waals surface area contributed by atoms with Gasteiger partial charge in [-0.3, -0.25) is 0 Å². The number of unbranched alkanes of at least 4 members (excludes halogenated alkanes) is 4. The third-order valence-corrected chi connectivity index (χ3v) is 4.19. The number of rotatable bonds is 8. The van der Waals surface area contributed by atoms with Crippen LogP contribution in [0.5, 0.6) is 0 Å². The van der Waals surface area contributed by atoms with Gasteiger partial charge >= 0.3 is 11.9 Å². The summed E-state index contributed by atoms with van der Waals surface area (Å²) in [6, 6.07) is 0. The number of aryl methyl sites for hydroxylation is 1. The molecule has 1 rings (SSSR count). The Bertz CT molecular complexity index is 451. The molecule has 20 heavy (non-hydrogen) atoms. The first kappa shape index (κ1) is 16.7. The normalized spacial score (nSPS) is 10.3. The number of carbonyl (C=O) groups excluding carboxylic acids is 2. The highest BCUT2D eigenvalue weighted by Crippen LogP contribution is 2.26. The summed E-state index contributed by atoms with van der Waals surface area (Å²) in [6.45, 7) is 2.18. The van der Waals surface area contributed by atoms with E-state index in [1.807, 2.05) is 5.38 Å². The van der Waals surface area contributed by atoms with Gasteiger partial charge in [-0.2, -0.15) is 0 Å². The average molecular weight is 298 g/mol. The Labute approximate surface area is 124 Å². The van der Waals surface area contributed by atoms with E-state index < -0.39 is 11.9 Å². The van der Waals surface area contributed by atoms with Crippen LogP contribution in [-0.2, 0) is 15.9 Å². The van der Waals surface area contributed by atoms with Crippen LogP contribution in [0, 0.1) is 0 Å². The second kappa shape index (κ2) is 8.74. The molecule has 0 saturated heterocycles. The molecule has 1 heterocycles. The minimum atomic E-state index is -0.479. The second-order valence-corrected chi connectivity index (χ2v) is 5.49. The highest BCUT2D eigenvalue weighted by atomic mass is 32.1. The SMILES string of the molecule is CCCCCCCc1csc(C(=O)OC)c1C(=O)OC. The third-order valence-electron chi connectivity index (χ3n) is 3.18. The number of esters is 2. The van der Waals surface area contributed by atoms with Crippen molar-refractivity contribution in [1.82, 2.24) is 0 Å². The molecule has 0 atom stereocenters. The molecule has 0 spiro atoms. The van der Waals surface area contributed by atoms with Crippen molar-refractivity contribution >= 4 is 23.3 Å². The van der Waals surface area contributed by atoms with E-state index in [2.05, 4.69) is 6.92 Å². The number of hydrogen-bond acceptors (Lipinski definition) is 5. The van der Waals surface area contributed by atoms with Crippen molar-refractivity contribution in [3.8, 4) is 0 Å². The molecule has 0 aromatic carbocycles. The summed E-state index contributed by atoms with van der Waals surface area (Å²) in [5.74, 6) is -0.942. The lowest BCUT2D eigenvalue weighted by molar-refractivity contribution is 0.0559. The van der Waals surface area contributed by atoms with Crippen LogP contribution in [0.3, 0.4) is 0 Å². The van der Waals surface area contributed by atoms with E-state index in [9.17, 15) is 9.59 Å². The Balaban J connectivity index is 2.77. The summed E-state index contributed by atoms with van der Waals surface area (Å²) in [7, 11) is 2.64. The van der Waals surface area contributed by atoms with Gasteiger partial charge in [0.15, 0.2) is 0 Å². The quantitative estimate of drug-likeness (QED) is 0.540. The molecule has 0 amide bonds. The molecule has 0 radical (unpaired) electrons. The lowest BCUT2D eigenvalue weighted by atomic mass is 10.0. The predicted molar refractivity (Wildman–Crippen MR) is 79.5 cm³/mol. The van der Waals surface area contributed by atoms with Crippen LogP contribution in [0.25, 0.3) is 0 Å². The first-order valence-corrected chi connectivity index (χ1v) is 7.80. The molecule has 0 aliphatic heterocycles. The van der Waals surface area contributed by atoms with E-state index >= 15 is 0 Å². The van der Waals surface area contributed by atoms with E-state index in [1.54, 1.807) is 0 Å². The zero-order chi connectivity index (χ0) is 15.0. The van der Waals surface area contributed by atoms with Crippen LogP contribution < -0.4 is 0 Å². The van der Waals surface area contributed by atoms with Crippen molar-refractivity contribution in [1.29, 1.82) is 0 Å². The summed E-state index contributed by atoms with van der Waals surface area (Å²) in [5, 5.41) is 1.86. The summed E-state index contributed by atoms with van der Waals surface area (Å²) < 4.78 is 9.48. The number of thiophene rings is 1. The van der Waals surface area contributed by atoms with Crippen molar-refractivity contribution in [3.63, 3.8) is 0 Å². The van der Waals surface area contributed by atoms with E-state index in [0.717, 1.165) is 24.8 Å². The van der Waals surface area contributed by atoms with Crippen LogP contribution in [0.2, 0.25) is 0 Å². The summed E-state index contributed by atoms with van der Waals surface area (Å²) in [6.07, 6.45) is 6.60. The van der Waals surface area contributed by atoms with Gasteiger partial charge in [-0.25, -0.2) is 9.59 Å². The van der Waals surface area contributed by atoms with Gasteiger partial charge in [0, 0.05) is 0 Å². The maximum Gasteiger partial charge on any atom is 0.348 e. The van der Waals surface area contributed by atoms with Gasteiger partial charge in [-0.05, 0) is 23.8 Å². The maximum atomic E-state index is 11.8. The van der Waals surface area contributed by atoms with E-state index in [4.69, 9.17) is 9.47 Å². The van der Waals surface area contributed by atoms with Gasteiger partial charge in [0.05, 0.1) is 19.8 Å². The number of ether oxygens (including phenoxy) is 2. The van der Waals surface area contributed by atoms with E-state index in [-0.39, 0.29) is 0 Å². The molecule has 0 aliphatic rings. The molecule has 0 bridgehead atoms. The van der Waals surface area contributed by atoms with Crippen molar-refractivity contribution in [2.45, 2.75) is 45.4 Å². The molecule has 0 fully saturated rings. The molecule has 1 aromatic heterocycles. The molecule has 4 nitrogen and oxygen atoms in total. The first-order valence-electron chi connectivity index (χ1n) is 6.92. The fourth-order valence-corrected chi connectivity index (χ4v) is 3.07. The maximum absolute atomic E-state index is 11.8. The molecule has 0 aliphatic carbocycles. The Hall–Kier alpha value is -1.36. The number of methoxy groups -OCH3 is 2. The first-order chi connectivity index (χ1) is 9.65. The minimum absolute atomic E-state index is 0.336. The van der Waals surface area contributed by atoms with Crippen LogP contribution in [-0.4, -0.2) is 26.2 Å². The molecular weight excluding hydrogens is 276 g/mol. The van der Waals surface area contributed by atoms with Gasteiger partial charge in [-0.15, -0.1) is 11.3 Å². The highest BCUT2D eigenvalue weighted by molar-refractivity contribution is 7.12. The topological polar surface area (TPSA) is 52.6 Å². The Kier molecular flexibility index (Phi) is 7.30. The average Bonchev–Trinajstić information content (AvgIpc) is 2.89. The van der Waals surface area contributed by atoms with Crippen molar-refractivity contribution < 1.29 is 19.1 Å². The molecule has 5 heteroatoms. The fourth-order valence-electron chi connectivity index (χ4n) is 2.07. The lowest BCUT2D eigenvalue weighted by Gasteiger charge is -2.05. The van der Waals surface area contributed by atoms with Crippen LogP contribution in [0.4, 0.5) is 0 Å². The van der Waals surface area contributed by atoms with Gasteiger partial charge < -0.3 is 9.47 Å². The molecule has 0 unspecified atom stereocenters. The Morgan fingerprint density at radius 2 is 1.70 bits per heavy atom. The fraction of sp³-hybridized carbons (Fsp3) is 0.600. The van der Waals surface area contributed by atoms with Crippen molar-refractivity contribution in [2.75, 3.05) is 14.2 Å². The van der Waals surface area contributed by atoms with Crippen molar-refractivity contribution in [2.24, 2.45) is 0 Å². The Morgan fingerprint density at radius 1 is 1.05 bits per heavy atom. The molecular formula is C15H22O4S. The minimum Gasteiger partial charge on any atom is -0.465 e. The zero-order valence-electron chi connectivity index (χ0n) is 12.4. The van der Waals surface area contributed by atoms with Gasteiger partial charge in [-0.1, -0.05) is 32.6 Å². The third kappa shape index (κ3) is 4.34. The standard InChI is InChI=1S/C15H22O4S/c1-4-5-6-7-8-9-11-10-20-13(15(17)19-3)12(11)14(16)18-2/h10H,4-9H2,1-3H3. The highest BCUT2D eigenvalue weighted by Gasteiger charge is 2.24. The van der Waals surface area contributed by atoms with Crippen LogP contribution in [0.1, 0.15) is 64.6 Å².